The monoisotopic (exact) mass is 454 g/mol. The molecular weight excluding hydrogens is 440 g/mol. The third kappa shape index (κ3) is 3.23. The summed E-state index contributed by atoms with van der Waals surface area (Å²) in [7, 11) is 0. The highest BCUT2D eigenvalue weighted by Crippen LogP contribution is 2.29. The molecule has 0 saturated heterocycles. The van der Waals surface area contributed by atoms with Crippen molar-refractivity contribution in [3.63, 3.8) is 0 Å². The van der Waals surface area contributed by atoms with E-state index in [1.165, 1.54) is 0 Å². The summed E-state index contributed by atoms with van der Waals surface area (Å²) in [4.78, 5) is 0. The summed E-state index contributed by atoms with van der Waals surface area (Å²) in [5.41, 5.74) is 1.89. The van der Waals surface area contributed by atoms with Gasteiger partial charge < -0.3 is 9.26 Å². The number of halogens is 1. The molecule has 0 spiro atoms. The maximum Gasteiger partial charge on any atom is 0.240 e. The predicted molar refractivity (Wildman–Crippen MR) is 107 cm³/mol. The van der Waals surface area contributed by atoms with E-state index in [0.717, 1.165) is 22.6 Å². The Kier molecular flexibility index (Phi) is 4.43. The maximum absolute atomic E-state index is 6.01. The van der Waals surface area contributed by atoms with Gasteiger partial charge in [0, 0.05) is 22.2 Å². The minimum absolute atomic E-state index is 0.241. The first kappa shape index (κ1) is 17.7. The fraction of sp³-hybridized carbons (Fsp3) is 0.222. The second kappa shape index (κ2) is 7.24. The number of rotatable bonds is 6. The quantitative estimate of drug-likeness (QED) is 0.360. The number of aryl methyl sites for hydroxylation is 2. The molecule has 10 nitrogen and oxygen atoms in total. The number of aromatic nitrogens is 8. The van der Waals surface area contributed by atoms with Crippen molar-refractivity contribution in [1.29, 1.82) is 0 Å². The van der Waals surface area contributed by atoms with E-state index >= 15 is 0 Å². The molecule has 0 atom stereocenters. The van der Waals surface area contributed by atoms with Gasteiger partial charge in [-0.25, -0.2) is 0 Å². The Morgan fingerprint density at radius 2 is 2.00 bits per heavy atom. The summed E-state index contributed by atoms with van der Waals surface area (Å²) in [6.45, 7) is 2.80. The molecule has 1 aromatic carbocycles. The second-order valence-corrected chi connectivity index (χ2v) is 7.18. The summed E-state index contributed by atoms with van der Waals surface area (Å²) in [6.07, 6.45) is 1.85. The Balaban J connectivity index is 1.57. The van der Waals surface area contributed by atoms with Gasteiger partial charge in [0.15, 0.2) is 11.3 Å². The van der Waals surface area contributed by atoms with Gasteiger partial charge >= 0.3 is 0 Å². The van der Waals surface area contributed by atoms with E-state index in [-0.39, 0.29) is 6.61 Å². The Morgan fingerprint density at radius 3 is 2.79 bits per heavy atom. The minimum Gasteiger partial charge on any atom is -0.470 e. The van der Waals surface area contributed by atoms with E-state index < -0.39 is 0 Å². The molecule has 4 aromatic heterocycles. The van der Waals surface area contributed by atoms with E-state index in [4.69, 9.17) is 9.26 Å². The second-order valence-electron chi connectivity index (χ2n) is 6.38. The summed E-state index contributed by atoms with van der Waals surface area (Å²) < 4.78 is 14.6. The highest BCUT2D eigenvalue weighted by molar-refractivity contribution is 9.09. The minimum atomic E-state index is 0.241. The first-order valence-corrected chi connectivity index (χ1v) is 10.0. The number of hydrogen-bond acceptors (Lipinski definition) is 8. The van der Waals surface area contributed by atoms with Crippen LogP contribution in [0.1, 0.15) is 11.5 Å². The Bertz CT molecular complexity index is 1310. The summed E-state index contributed by atoms with van der Waals surface area (Å²) in [6, 6.07) is 9.55. The van der Waals surface area contributed by atoms with Crippen LogP contribution in [0.4, 0.5) is 0 Å². The van der Waals surface area contributed by atoms with Crippen LogP contribution in [-0.4, -0.2) is 45.3 Å². The molecule has 5 rings (SSSR count). The Hall–Kier alpha value is -3.34. The zero-order chi connectivity index (χ0) is 19.8. The number of fused-ring (bicyclic) bond motifs is 3. The number of ether oxygens (including phenoxy) is 1. The van der Waals surface area contributed by atoms with E-state index in [1.807, 2.05) is 37.4 Å². The highest BCUT2D eigenvalue weighted by atomic mass is 79.9. The molecule has 0 aliphatic heterocycles. The predicted octanol–water partition coefficient (Wildman–Crippen LogP) is 2.81. The van der Waals surface area contributed by atoms with Crippen LogP contribution in [0.25, 0.3) is 27.9 Å². The lowest BCUT2D eigenvalue weighted by molar-refractivity contribution is 0.289. The van der Waals surface area contributed by atoms with E-state index in [9.17, 15) is 0 Å². The molecule has 11 heteroatoms. The average Bonchev–Trinajstić information content (AvgIpc) is 3.46. The van der Waals surface area contributed by atoms with Gasteiger partial charge in [-0.2, -0.15) is 4.52 Å². The van der Waals surface area contributed by atoms with Crippen LogP contribution in [0.15, 0.2) is 41.1 Å². The number of nitrogens with zero attached hydrogens (tertiary/aromatic N) is 8. The van der Waals surface area contributed by atoms with Crippen molar-refractivity contribution in [3.8, 4) is 17.4 Å². The molecule has 0 aliphatic carbocycles. The summed E-state index contributed by atoms with van der Waals surface area (Å²) in [5.74, 6) is 1.61. The van der Waals surface area contributed by atoms with Gasteiger partial charge in [-0.3, -0.25) is 4.68 Å². The van der Waals surface area contributed by atoms with Crippen molar-refractivity contribution in [1.82, 2.24) is 40.0 Å². The topological polar surface area (TPSA) is 109 Å². The summed E-state index contributed by atoms with van der Waals surface area (Å²) >= 11 is 3.39. The van der Waals surface area contributed by atoms with Crippen LogP contribution in [0.5, 0.6) is 5.88 Å². The molecule has 0 N–H and O–H groups in total. The third-order valence-electron chi connectivity index (χ3n) is 4.34. The fourth-order valence-corrected chi connectivity index (χ4v) is 3.40. The van der Waals surface area contributed by atoms with Crippen molar-refractivity contribution >= 4 is 32.3 Å². The van der Waals surface area contributed by atoms with Crippen molar-refractivity contribution in [2.75, 3.05) is 5.33 Å². The molecule has 29 heavy (non-hydrogen) atoms. The molecule has 0 amide bonds. The van der Waals surface area contributed by atoms with Gasteiger partial charge in [0.2, 0.25) is 11.7 Å². The highest BCUT2D eigenvalue weighted by Gasteiger charge is 2.18. The van der Waals surface area contributed by atoms with Gasteiger partial charge in [0.05, 0.1) is 12.7 Å². The van der Waals surface area contributed by atoms with Crippen LogP contribution in [0.2, 0.25) is 0 Å². The normalized spacial score (nSPS) is 11.5. The largest absolute Gasteiger partial charge is 0.470 e. The smallest absolute Gasteiger partial charge is 0.240 e. The van der Waals surface area contributed by atoms with E-state index in [0.29, 0.717) is 34.5 Å². The molecule has 146 valence electrons. The average molecular weight is 455 g/mol. The molecule has 5 aromatic rings. The molecule has 4 heterocycles. The zero-order valence-corrected chi connectivity index (χ0v) is 16.9. The number of alkyl halides is 1. The van der Waals surface area contributed by atoms with Gasteiger partial charge in [-0.05, 0) is 13.0 Å². The van der Waals surface area contributed by atoms with Crippen LogP contribution in [-0.2, 0) is 13.2 Å². The fourth-order valence-electron chi connectivity index (χ4n) is 3.03. The van der Waals surface area contributed by atoms with Crippen molar-refractivity contribution in [2.45, 2.75) is 20.1 Å². The molecule has 0 radical (unpaired) electrons. The van der Waals surface area contributed by atoms with Crippen LogP contribution in [0.3, 0.4) is 0 Å². The number of hydrogen-bond donors (Lipinski definition) is 0. The first-order chi connectivity index (χ1) is 14.2. The maximum atomic E-state index is 6.01. The van der Waals surface area contributed by atoms with Crippen molar-refractivity contribution < 1.29 is 9.26 Å². The molecular formula is C18H15BrN8O2. The molecule has 0 fully saturated rings. The first-order valence-electron chi connectivity index (χ1n) is 8.88. The van der Waals surface area contributed by atoms with Gasteiger partial charge in [0.25, 0.3) is 0 Å². The lowest BCUT2D eigenvalue weighted by Crippen LogP contribution is -2.04. The lowest BCUT2D eigenvalue weighted by Gasteiger charge is -2.08. The standard InChI is InChI=1S/C18H15BrN8O2/c1-11-8-15(24-29-11)17-22-21-16-13-4-2-3-5-14(13)18(23-27(16)17)28-10-12-9-26(7-6-19)25-20-12/h2-5,8-9H,6-7,10H2,1H3. The molecule has 0 saturated carbocycles. The molecule has 0 unspecified atom stereocenters. The van der Waals surface area contributed by atoms with Gasteiger partial charge in [0.1, 0.15) is 18.1 Å². The number of benzene rings is 1. The van der Waals surface area contributed by atoms with Gasteiger partial charge in [-0.1, -0.05) is 44.5 Å². The van der Waals surface area contributed by atoms with E-state index in [2.05, 4.69) is 46.7 Å². The Morgan fingerprint density at radius 1 is 1.14 bits per heavy atom. The van der Waals surface area contributed by atoms with Crippen molar-refractivity contribution in [3.05, 3.63) is 48.0 Å². The zero-order valence-electron chi connectivity index (χ0n) is 15.4. The van der Waals surface area contributed by atoms with Crippen molar-refractivity contribution in [2.24, 2.45) is 0 Å². The van der Waals surface area contributed by atoms with E-state index in [1.54, 1.807) is 15.3 Å². The SMILES string of the molecule is Cc1cc(-c2nnc3c4ccccc4c(OCc4cn(CCBr)nn4)nn23)no1. The van der Waals surface area contributed by atoms with Crippen LogP contribution < -0.4 is 4.74 Å². The summed E-state index contributed by atoms with van der Waals surface area (Å²) in [5, 5.41) is 27.9. The molecule has 0 bridgehead atoms. The van der Waals surface area contributed by atoms with Crippen LogP contribution in [0, 0.1) is 6.92 Å². The Labute approximate surface area is 172 Å². The third-order valence-corrected chi connectivity index (χ3v) is 4.70. The van der Waals surface area contributed by atoms with Crippen LogP contribution >= 0.6 is 15.9 Å². The molecule has 0 aliphatic rings. The lowest BCUT2D eigenvalue weighted by atomic mass is 10.2. The van der Waals surface area contributed by atoms with Gasteiger partial charge in [-0.15, -0.1) is 20.4 Å².